The fourth-order valence-corrected chi connectivity index (χ4v) is 3.54. The zero-order valence-electron chi connectivity index (χ0n) is 16.2. The minimum Gasteiger partial charge on any atom is -0.505 e. The van der Waals surface area contributed by atoms with Crippen LogP contribution < -0.4 is 5.63 Å². The highest BCUT2D eigenvalue weighted by Crippen LogP contribution is 2.34. The van der Waals surface area contributed by atoms with Crippen LogP contribution in [0.15, 0.2) is 99.1 Å². The number of rotatable bonds is 1. The molecule has 6 heteroatoms. The van der Waals surface area contributed by atoms with E-state index in [1.807, 2.05) is 42.5 Å². The highest BCUT2D eigenvalue weighted by molar-refractivity contribution is 6.55. The lowest BCUT2D eigenvalue weighted by Gasteiger charge is -1.96. The molecule has 3 heterocycles. The van der Waals surface area contributed by atoms with Crippen molar-refractivity contribution in [3.05, 3.63) is 107 Å². The number of H-pyrrole nitrogens is 1. The highest BCUT2D eigenvalue weighted by atomic mass is 16.4. The first kappa shape index (κ1) is 18.6. The van der Waals surface area contributed by atoms with E-state index in [9.17, 15) is 14.7 Å². The summed E-state index contributed by atoms with van der Waals surface area (Å²) >= 11 is 0. The molecule has 0 amide bonds. The molecule has 0 unspecified atom stereocenters. The Kier molecular flexibility index (Phi) is 4.45. The third kappa shape index (κ3) is 3.30. The maximum Gasteiger partial charge on any atom is 0.336 e. The predicted molar refractivity (Wildman–Crippen MR) is 119 cm³/mol. The third-order valence-electron chi connectivity index (χ3n) is 5.04. The van der Waals surface area contributed by atoms with Gasteiger partial charge in [-0.1, -0.05) is 42.5 Å². The number of nitrogens with zero attached hydrogens (tertiary/aromatic N) is 1. The van der Waals surface area contributed by atoms with Crippen LogP contribution in [0.3, 0.4) is 0 Å². The van der Waals surface area contributed by atoms with Gasteiger partial charge < -0.3 is 14.5 Å². The van der Waals surface area contributed by atoms with E-state index in [1.165, 1.54) is 6.07 Å². The molecular weight excluding hydrogens is 392 g/mol. The quantitative estimate of drug-likeness (QED) is 0.382. The number of aromatic amines is 1. The number of Topliss-reactive ketones (excluding diaryl/α,β-unsaturated/α-hetero) is 1. The van der Waals surface area contributed by atoms with Gasteiger partial charge in [0.25, 0.3) is 0 Å². The van der Waals surface area contributed by atoms with Gasteiger partial charge in [0.05, 0.1) is 5.69 Å². The summed E-state index contributed by atoms with van der Waals surface area (Å²) in [4.78, 5) is 30.5. The van der Waals surface area contributed by atoms with Crippen LogP contribution in [0.2, 0.25) is 0 Å². The highest BCUT2D eigenvalue weighted by Gasteiger charge is 2.29. The average molecular weight is 408 g/mol. The first-order valence-electron chi connectivity index (χ1n) is 9.63. The van der Waals surface area contributed by atoms with Gasteiger partial charge in [-0.25, -0.2) is 9.79 Å². The molecule has 0 fully saturated rings. The molecule has 0 radical (unpaired) electrons. The van der Waals surface area contributed by atoms with Crippen molar-refractivity contribution in [2.75, 3.05) is 0 Å². The number of carbonyl (C=O) groups excluding carboxylic acids is 1. The van der Waals surface area contributed by atoms with Crippen LogP contribution in [0.5, 0.6) is 5.75 Å². The molecule has 31 heavy (non-hydrogen) atoms. The first-order valence-corrected chi connectivity index (χ1v) is 9.63. The first-order chi connectivity index (χ1) is 15.1. The Labute approximate surface area is 176 Å². The lowest BCUT2D eigenvalue weighted by molar-refractivity contribution is 0.107. The zero-order chi connectivity index (χ0) is 21.4. The second-order valence-corrected chi connectivity index (χ2v) is 6.99. The summed E-state index contributed by atoms with van der Waals surface area (Å²) < 4.78 is 4.91. The van der Waals surface area contributed by atoms with E-state index in [0.717, 1.165) is 10.9 Å². The minimum absolute atomic E-state index is 0.0699. The van der Waals surface area contributed by atoms with E-state index in [2.05, 4.69) is 9.98 Å². The number of aliphatic imine (C=N–C) groups is 1. The Morgan fingerprint density at radius 3 is 2.39 bits per heavy atom. The summed E-state index contributed by atoms with van der Waals surface area (Å²) in [6.07, 6.45) is 0. The van der Waals surface area contributed by atoms with Gasteiger partial charge in [-0.2, -0.15) is 0 Å². The van der Waals surface area contributed by atoms with Gasteiger partial charge in [0.1, 0.15) is 17.0 Å². The Balaban J connectivity index is 0.000000157. The van der Waals surface area contributed by atoms with Gasteiger partial charge in [0.15, 0.2) is 5.75 Å². The predicted octanol–water partition coefficient (Wildman–Crippen LogP) is 4.98. The lowest BCUT2D eigenvalue weighted by Crippen LogP contribution is -2.11. The van der Waals surface area contributed by atoms with Crippen molar-refractivity contribution in [2.24, 2.45) is 4.99 Å². The van der Waals surface area contributed by atoms with Gasteiger partial charge >= 0.3 is 5.63 Å². The summed E-state index contributed by atoms with van der Waals surface area (Å²) in [6, 6.07) is 25.1. The molecule has 0 bridgehead atoms. The van der Waals surface area contributed by atoms with Crippen LogP contribution in [0, 0.1) is 0 Å². The zero-order valence-corrected chi connectivity index (χ0v) is 16.2. The molecule has 0 spiro atoms. The SMILES string of the molecule is O=C1C(c2[nH]c3ccccc3c2O)=Nc2ccccc21.O=c1ccc2ccccc2o1. The largest absolute Gasteiger partial charge is 0.505 e. The molecule has 6 nitrogen and oxygen atoms in total. The van der Waals surface area contributed by atoms with Crippen LogP contribution in [-0.4, -0.2) is 21.6 Å². The molecule has 1 aliphatic heterocycles. The fourth-order valence-electron chi connectivity index (χ4n) is 3.54. The standard InChI is InChI=1S/C16H10N2O2.C9H6O2/c19-15-9-5-1-3-7-11(9)17-13(15)14-16(20)10-6-2-4-8-12(10)18-14;10-9-6-5-7-3-1-2-4-8(7)11-9/h1-8,17,19H;1-6H. The summed E-state index contributed by atoms with van der Waals surface area (Å²) in [7, 11) is 0. The van der Waals surface area contributed by atoms with E-state index in [4.69, 9.17) is 4.42 Å². The number of hydrogen-bond acceptors (Lipinski definition) is 5. The second-order valence-electron chi connectivity index (χ2n) is 6.99. The molecule has 6 rings (SSSR count). The van der Waals surface area contributed by atoms with Crippen molar-refractivity contribution < 1.29 is 14.3 Å². The van der Waals surface area contributed by atoms with Crippen LogP contribution >= 0.6 is 0 Å². The monoisotopic (exact) mass is 408 g/mol. The Morgan fingerprint density at radius 1 is 0.806 bits per heavy atom. The Morgan fingerprint density at radius 2 is 1.55 bits per heavy atom. The summed E-state index contributed by atoms with van der Waals surface area (Å²) in [6.45, 7) is 0. The average Bonchev–Trinajstić information content (AvgIpc) is 3.31. The molecule has 0 atom stereocenters. The maximum absolute atomic E-state index is 12.4. The topological polar surface area (TPSA) is 95.7 Å². The Hall–Kier alpha value is -4.45. The molecule has 0 saturated carbocycles. The number of nitrogens with one attached hydrogen (secondary N) is 1. The number of aromatic hydroxyl groups is 1. The van der Waals surface area contributed by atoms with Crippen LogP contribution in [0.1, 0.15) is 16.1 Å². The van der Waals surface area contributed by atoms with E-state index >= 15 is 0 Å². The molecular formula is C25H16N2O4. The molecule has 0 saturated heterocycles. The fraction of sp³-hybridized carbons (Fsp3) is 0. The number of fused-ring (bicyclic) bond motifs is 3. The van der Waals surface area contributed by atoms with E-state index < -0.39 is 0 Å². The molecule has 2 N–H and O–H groups in total. The van der Waals surface area contributed by atoms with Crippen LogP contribution in [0.25, 0.3) is 21.9 Å². The smallest absolute Gasteiger partial charge is 0.336 e. The number of hydrogen-bond donors (Lipinski definition) is 2. The van der Waals surface area contributed by atoms with Crippen molar-refractivity contribution in [1.82, 2.24) is 4.98 Å². The number of aromatic nitrogens is 1. The maximum atomic E-state index is 12.4. The number of para-hydroxylation sites is 3. The van der Waals surface area contributed by atoms with Gasteiger partial charge in [-0.3, -0.25) is 4.79 Å². The van der Waals surface area contributed by atoms with Crippen molar-refractivity contribution >= 4 is 39.1 Å². The van der Waals surface area contributed by atoms with Crippen molar-refractivity contribution in [2.45, 2.75) is 0 Å². The van der Waals surface area contributed by atoms with Gasteiger partial charge in [0.2, 0.25) is 5.78 Å². The third-order valence-corrected chi connectivity index (χ3v) is 5.04. The van der Waals surface area contributed by atoms with Gasteiger partial charge in [0, 0.05) is 27.9 Å². The van der Waals surface area contributed by atoms with Crippen molar-refractivity contribution in [1.29, 1.82) is 0 Å². The van der Waals surface area contributed by atoms with Crippen molar-refractivity contribution in [3.8, 4) is 5.75 Å². The normalized spacial score (nSPS) is 12.4. The van der Waals surface area contributed by atoms with E-state index in [-0.39, 0.29) is 22.9 Å². The van der Waals surface area contributed by atoms with E-state index in [0.29, 0.717) is 27.9 Å². The van der Waals surface area contributed by atoms with Crippen LogP contribution in [-0.2, 0) is 0 Å². The molecule has 5 aromatic rings. The number of carbonyl (C=O) groups is 1. The molecule has 0 aliphatic carbocycles. The molecule has 150 valence electrons. The van der Waals surface area contributed by atoms with Gasteiger partial charge in [-0.05, 0) is 36.4 Å². The molecule has 2 aromatic heterocycles. The summed E-state index contributed by atoms with van der Waals surface area (Å²) in [5.74, 6) is -0.0945. The number of benzene rings is 3. The number of ketones is 1. The van der Waals surface area contributed by atoms with Crippen molar-refractivity contribution in [3.63, 3.8) is 0 Å². The molecule has 1 aliphatic rings. The van der Waals surface area contributed by atoms with Gasteiger partial charge in [-0.15, -0.1) is 0 Å². The summed E-state index contributed by atoms with van der Waals surface area (Å²) in [5, 5.41) is 11.9. The second kappa shape index (κ2) is 7.42. The Bertz CT molecular complexity index is 1540. The minimum atomic E-state index is -0.302. The van der Waals surface area contributed by atoms with Crippen LogP contribution in [0.4, 0.5) is 5.69 Å². The summed E-state index contributed by atoms with van der Waals surface area (Å²) in [5.41, 5.74) is 2.98. The van der Waals surface area contributed by atoms with E-state index in [1.54, 1.807) is 36.4 Å². The lowest BCUT2D eigenvalue weighted by atomic mass is 10.1. The molecule has 3 aromatic carbocycles.